The van der Waals surface area contributed by atoms with E-state index in [1.165, 1.54) is 38.8 Å². The Morgan fingerprint density at radius 3 is 2.67 bits per heavy atom. The summed E-state index contributed by atoms with van der Waals surface area (Å²) in [7, 11) is 0. The molecule has 2 aliphatic rings. The van der Waals surface area contributed by atoms with Gasteiger partial charge in [-0.3, -0.25) is 0 Å². The van der Waals surface area contributed by atoms with Crippen LogP contribution in [0.4, 0.5) is 0 Å². The summed E-state index contributed by atoms with van der Waals surface area (Å²) < 4.78 is 0. The minimum atomic E-state index is 0.576. The summed E-state index contributed by atoms with van der Waals surface area (Å²) in [5.74, 6) is 0.854. The van der Waals surface area contributed by atoms with E-state index in [2.05, 4.69) is 31.4 Å². The van der Waals surface area contributed by atoms with Gasteiger partial charge < -0.3 is 10.6 Å². The molecule has 2 nitrogen and oxygen atoms in total. The van der Waals surface area contributed by atoms with E-state index in [4.69, 9.17) is 0 Å². The fourth-order valence-electron chi connectivity index (χ4n) is 3.08. The van der Waals surface area contributed by atoms with Crippen molar-refractivity contribution < 1.29 is 0 Å². The molecule has 1 heterocycles. The molecule has 3 atom stereocenters. The van der Waals surface area contributed by atoms with Crippen LogP contribution in [0.3, 0.4) is 0 Å². The van der Waals surface area contributed by atoms with E-state index < -0.39 is 0 Å². The maximum absolute atomic E-state index is 3.75. The van der Waals surface area contributed by atoms with Gasteiger partial charge in [0.25, 0.3) is 0 Å². The molecule has 2 rings (SSSR count). The molecule has 0 bridgehead atoms. The Bertz CT molecular complexity index is 213. The molecule has 2 heteroatoms. The monoisotopic (exact) mass is 210 g/mol. The SMILES string of the molecule is CC1CCNC1CNC1CCC(C)(C)C1. The molecule has 1 saturated carbocycles. The molecule has 3 unspecified atom stereocenters. The van der Waals surface area contributed by atoms with Crippen LogP contribution in [-0.4, -0.2) is 25.2 Å². The van der Waals surface area contributed by atoms with Crippen LogP contribution in [0.25, 0.3) is 0 Å². The Kier molecular flexibility index (Phi) is 3.36. The van der Waals surface area contributed by atoms with Crippen LogP contribution in [0.1, 0.15) is 46.5 Å². The van der Waals surface area contributed by atoms with Crippen LogP contribution in [0, 0.1) is 11.3 Å². The van der Waals surface area contributed by atoms with E-state index in [0.29, 0.717) is 11.5 Å². The standard InChI is InChI=1S/C13H26N2/c1-10-5-7-14-12(10)9-15-11-4-6-13(2,3)8-11/h10-12,14-15H,4-9H2,1-3H3. The van der Waals surface area contributed by atoms with Gasteiger partial charge in [0.1, 0.15) is 0 Å². The second kappa shape index (κ2) is 4.42. The van der Waals surface area contributed by atoms with Gasteiger partial charge in [0, 0.05) is 18.6 Å². The largest absolute Gasteiger partial charge is 0.312 e. The summed E-state index contributed by atoms with van der Waals surface area (Å²) >= 11 is 0. The van der Waals surface area contributed by atoms with E-state index >= 15 is 0 Å². The molecule has 0 radical (unpaired) electrons. The zero-order valence-electron chi connectivity index (χ0n) is 10.5. The minimum absolute atomic E-state index is 0.576. The van der Waals surface area contributed by atoms with E-state index in [1.807, 2.05) is 0 Å². The second-order valence-corrected chi connectivity index (χ2v) is 6.34. The van der Waals surface area contributed by atoms with Gasteiger partial charge in [-0.15, -0.1) is 0 Å². The van der Waals surface area contributed by atoms with Crippen molar-refractivity contribution in [3.05, 3.63) is 0 Å². The molecular weight excluding hydrogens is 184 g/mol. The van der Waals surface area contributed by atoms with Crippen LogP contribution in [-0.2, 0) is 0 Å². The summed E-state index contributed by atoms with van der Waals surface area (Å²) in [6, 6.07) is 1.49. The molecule has 88 valence electrons. The highest BCUT2D eigenvalue weighted by atomic mass is 15.0. The van der Waals surface area contributed by atoms with E-state index in [1.54, 1.807) is 0 Å². The van der Waals surface area contributed by atoms with Gasteiger partial charge in [-0.25, -0.2) is 0 Å². The lowest BCUT2D eigenvalue weighted by Gasteiger charge is -2.21. The number of nitrogens with one attached hydrogen (secondary N) is 2. The van der Waals surface area contributed by atoms with E-state index in [-0.39, 0.29) is 0 Å². The van der Waals surface area contributed by atoms with E-state index in [0.717, 1.165) is 12.0 Å². The first kappa shape index (κ1) is 11.4. The zero-order chi connectivity index (χ0) is 10.9. The summed E-state index contributed by atoms with van der Waals surface area (Å²) in [6.07, 6.45) is 5.46. The van der Waals surface area contributed by atoms with Crippen molar-refractivity contribution in [1.82, 2.24) is 10.6 Å². The fraction of sp³-hybridized carbons (Fsp3) is 1.00. The molecule has 2 fully saturated rings. The molecule has 1 saturated heterocycles. The molecule has 1 aliphatic heterocycles. The summed E-state index contributed by atoms with van der Waals surface area (Å²) in [4.78, 5) is 0. The molecule has 1 aliphatic carbocycles. The third kappa shape index (κ3) is 2.94. The normalized spacial score (nSPS) is 39.8. The molecule has 0 aromatic rings. The third-order valence-corrected chi connectivity index (χ3v) is 4.29. The zero-order valence-corrected chi connectivity index (χ0v) is 10.5. The van der Waals surface area contributed by atoms with Crippen molar-refractivity contribution >= 4 is 0 Å². The highest BCUT2D eigenvalue weighted by molar-refractivity contribution is 4.89. The number of hydrogen-bond acceptors (Lipinski definition) is 2. The molecular formula is C13H26N2. The smallest absolute Gasteiger partial charge is 0.0218 e. The van der Waals surface area contributed by atoms with Crippen molar-refractivity contribution in [3.63, 3.8) is 0 Å². The lowest BCUT2D eigenvalue weighted by Crippen LogP contribution is -2.41. The first-order chi connectivity index (χ1) is 7.07. The highest BCUT2D eigenvalue weighted by Gasteiger charge is 2.31. The Morgan fingerprint density at radius 1 is 1.33 bits per heavy atom. The molecule has 0 amide bonds. The summed E-state index contributed by atoms with van der Waals surface area (Å²) in [6.45, 7) is 9.53. The first-order valence-corrected chi connectivity index (χ1v) is 6.54. The maximum Gasteiger partial charge on any atom is 0.0218 e. The van der Waals surface area contributed by atoms with Gasteiger partial charge in [0.05, 0.1) is 0 Å². The predicted octanol–water partition coefficient (Wildman–Crippen LogP) is 2.15. The van der Waals surface area contributed by atoms with Crippen molar-refractivity contribution in [2.45, 2.75) is 58.5 Å². The van der Waals surface area contributed by atoms with E-state index in [9.17, 15) is 0 Å². The second-order valence-electron chi connectivity index (χ2n) is 6.34. The minimum Gasteiger partial charge on any atom is -0.312 e. The third-order valence-electron chi connectivity index (χ3n) is 4.29. The van der Waals surface area contributed by atoms with Gasteiger partial charge in [-0.05, 0) is 43.6 Å². The Morgan fingerprint density at radius 2 is 2.13 bits per heavy atom. The Labute approximate surface area is 94.2 Å². The van der Waals surface area contributed by atoms with Gasteiger partial charge in [-0.1, -0.05) is 20.8 Å². The molecule has 0 aromatic carbocycles. The van der Waals surface area contributed by atoms with Crippen LogP contribution >= 0.6 is 0 Å². The van der Waals surface area contributed by atoms with Crippen molar-refractivity contribution in [2.75, 3.05) is 13.1 Å². The van der Waals surface area contributed by atoms with Crippen molar-refractivity contribution in [1.29, 1.82) is 0 Å². The Hall–Kier alpha value is -0.0800. The molecule has 2 N–H and O–H groups in total. The number of rotatable bonds is 3. The van der Waals surface area contributed by atoms with Crippen LogP contribution in [0.2, 0.25) is 0 Å². The van der Waals surface area contributed by atoms with Gasteiger partial charge >= 0.3 is 0 Å². The quantitative estimate of drug-likeness (QED) is 0.746. The fourth-order valence-corrected chi connectivity index (χ4v) is 3.08. The average Bonchev–Trinajstić information content (AvgIpc) is 2.69. The lowest BCUT2D eigenvalue weighted by atomic mass is 9.92. The van der Waals surface area contributed by atoms with Crippen LogP contribution in [0.5, 0.6) is 0 Å². The topological polar surface area (TPSA) is 24.1 Å². The van der Waals surface area contributed by atoms with Gasteiger partial charge in [0.15, 0.2) is 0 Å². The molecule has 15 heavy (non-hydrogen) atoms. The summed E-state index contributed by atoms with van der Waals surface area (Å²) in [5, 5.41) is 7.34. The van der Waals surface area contributed by atoms with Crippen LogP contribution in [0.15, 0.2) is 0 Å². The van der Waals surface area contributed by atoms with Gasteiger partial charge in [0.2, 0.25) is 0 Å². The predicted molar refractivity (Wildman–Crippen MR) is 65.0 cm³/mol. The first-order valence-electron chi connectivity index (χ1n) is 6.54. The highest BCUT2D eigenvalue weighted by Crippen LogP contribution is 2.36. The number of hydrogen-bond donors (Lipinski definition) is 2. The average molecular weight is 210 g/mol. The Balaban J connectivity index is 1.70. The lowest BCUT2D eigenvalue weighted by molar-refractivity contribution is 0.354. The van der Waals surface area contributed by atoms with Crippen molar-refractivity contribution in [2.24, 2.45) is 11.3 Å². The van der Waals surface area contributed by atoms with Crippen LogP contribution < -0.4 is 10.6 Å². The van der Waals surface area contributed by atoms with Gasteiger partial charge in [-0.2, -0.15) is 0 Å². The molecule has 0 aromatic heterocycles. The molecule has 0 spiro atoms. The van der Waals surface area contributed by atoms with Crippen molar-refractivity contribution in [3.8, 4) is 0 Å². The summed E-state index contributed by atoms with van der Waals surface area (Å²) in [5.41, 5.74) is 0.576. The maximum atomic E-state index is 3.75.